The quantitative estimate of drug-likeness (QED) is 0.605. The summed E-state index contributed by atoms with van der Waals surface area (Å²) in [5.41, 5.74) is 0.353. The van der Waals surface area contributed by atoms with Crippen LogP contribution in [0.15, 0.2) is 48.5 Å². The van der Waals surface area contributed by atoms with Gasteiger partial charge in [0.25, 0.3) is 0 Å². The summed E-state index contributed by atoms with van der Waals surface area (Å²) in [6.07, 6.45) is 0. The molecular formula is C16H12ClFO4. The normalized spacial score (nSPS) is 10.1. The molecule has 0 aromatic heterocycles. The first kappa shape index (κ1) is 16.0. The number of rotatable bonds is 6. The van der Waals surface area contributed by atoms with Gasteiger partial charge in [-0.05, 0) is 24.3 Å². The van der Waals surface area contributed by atoms with Gasteiger partial charge in [-0.1, -0.05) is 29.8 Å². The maximum atomic E-state index is 12.9. The van der Waals surface area contributed by atoms with Crippen molar-refractivity contribution in [3.63, 3.8) is 0 Å². The van der Waals surface area contributed by atoms with Crippen LogP contribution in [-0.2, 0) is 9.53 Å². The number of Topliss-reactive ketones (excluding diaryl/α,β-unsaturated/α-hetero) is 1. The Kier molecular flexibility index (Phi) is 5.49. The van der Waals surface area contributed by atoms with E-state index in [1.165, 1.54) is 24.3 Å². The number of esters is 1. The summed E-state index contributed by atoms with van der Waals surface area (Å²) < 4.78 is 22.8. The van der Waals surface area contributed by atoms with Gasteiger partial charge < -0.3 is 9.47 Å². The SMILES string of the molecule is O=C(COc1cccc(F)c1)OCC(=O)c1cccc(Cl)c1. The molecule has 2 aromatic rings. The predicted octanol–water partition coefficient (Wildman–Crippen LogP) is 3.28. The number of carbonyl (C=O) groups excluding carboxylic acids is 2. The molecule has 2 rings (SSSR count). The Hall–Kier alpha value is -2.40. The average molecular weight is 323 g/mol. The molecule has 6 heteroatoms. The maximum Gasteiger partial charge on any atom is 0.344 e. The zero-order valence-electron chi connectivity index (χ0n) is 11.4. The Morgan fingerprint density at radius 2 is 1.82 bits per heavy atom. The van der Waals surface area contributed by atoms with Crippen LogP contribution >= 0.6 is 11.6 Å². The Morgan fingerprint density at radius 3 is 2.55 bits per heavy atom. The van der Waals surface area contributed by atoms with Gasteiger partial charge in [-0.15, -0.1) is 0 Å². The van der Waals surface area contributed by atoms with Gasteiger partial charge in [-0.2, -0.15) is 0 Å². The molecule has 0 unspecified atom stereocenters. The van der Waals surface area contributed by atoms with Crippen LogP contribution in [0.1, 0.15) is 10.4 Å². The lowest BCUT2D eigenvalue weighted by Gasteiger charge is -2.07. The second-order valence-corrected chi connectivity index (χ2v) is 4.78. The molecule has 0 radical (unpaired) electrons. The third-order valence-corrected chi connectivity index (χ3v) is 2.90. The Labute approximate surface area is 131 Å². The molecule has 0 heterocycles. The van der Waals surface area contributed by atoms with E-state index >= 15 is 0 Å². The topological polar surface area (TPSA) is 52.6 Å². The highest BCUT2D eigenvalue weighted by Gasteiger charge is 2.11. The second kappa shape index (κ2) is 7.56. The lowest BCUT2D eigenvalue weighted by atomic mass is 10.1. The van der Waals surface area contributed by atoms with Crippen LogP contribution in [0.5, 0.6) is 5.75 Å². The van der Waals surface area contributed by atoms with Crippen LogP contribution in [-0.4, -0.2) is 25.0 Å². The molecule has 0 amide bonds. The molecule has 22 heavy (non-hydrogen) atoms. The molecule has 0 N–H and O–H groups in total. The van der Waals surface area contributed by atoms with E-state index in [1.807, 2.05) is 0 Å². The fourth-order valence-corrected chi connectivity index (χ4v) is 1.82. The second-order valence-electron chi connectivity index (χ2n) is 4.34. The third-order valence-electron chi connectivity index (χ3n) is 2.66. The first-order valence-electron chi connectivity index (χ1n) is 6.37. The smallest absolute Gasteiger partial charge is 0.344 e. The van der Waals surface area contributed by atoms with E-state index in [9.17, 15) is 14.0 Å². The van der Waals surface area contributed by atoms with Crippen molar-refractivity contribution in [3.8, 4) is 5.75 Å². The minimum atomic E-state index is -0.723. The number of carbonyl (C=O) groups is 2. The molecule has 0 aliphatic carbocycles. The fraction of sp³-hybridized carbons (Fsp3) is 0.125. The molecule has 2 aromatic carbocycles. The van der Waals surface area contributed by atoms with Gasteiger partial charge in [0.15, 0.2) is 19.0 Å². The van der Waals surface area contributed by atoms with Crippen molar-refractivity contribution in [2.45, 2.75) is 0 Å². The molecule has 0 aliphatic heterocycles. The van der Waals surface area contributed by atoms with Crippen LogP contribution < -0.4 is 4.74 Å². The number of ketones is 1. The molecule has 4 nitrogen and oxygen atoms in total. The van der Waals surface area contributed by atoms with Gasteiger partial charge in [0.2, 0.25) is 0 Å². The van der Waals surface area contributed by atoms with Crippen LogP contribution in [0.3, 0.4) is 0 Å². The lowest BCUT2D eigenvalue weighted by molar-refractivity contribution is -0.144. The van der Waals surface area contributed by atoms with E-state index in [2.05, 4.69) is 0 Å². The molecule has 114 valence electrons. The van der Waals surface area contributed by atoms with Gasteiger partial charge in [0.1, 0.15) is 11.6 Å². The summed E-state index contributed by atoms with van der Waals surface area (Å²) in [6, 6.07) is 11.7. The molecule has 0 aliphatic rings. The molecule has 0 fully saturated rings. The monoisotopic (exact) mass is 322 g/mol. The Balaban J connectivity index is 1.79. The van der Waals surface area contributed by atoms with Crippen molar-refractivity contribution < 1.29 is 23.5 Å². The summed E-state index contributed by atoms with van der Waals surface area (Å²) in [7, 11) is 0. The summed E-state index contributed by atoms with van der Waals surface area (Å²) in [5, 5.41) is 0.423. The number of hydrogen-bond acceptors (Lipinski definition) is 4. The van der Waals surface area contributed by atoms with Crippen molar-refractivity contribution in [2.75, 3.05) is 13.2 Å². The molecular weight excluding hydrogens is 311 g/mol. The van der Waals surface area contributed by atoms with Crippen molar-refractivity contribution in [2.24, 2.45) is 0 Å². The predicted molar refractivity (Wildman–Crippen MR) is 78.6 cm³/mol. The maximum absolute atomic E-state index is 12.9. The average Bonchev–Trinajstić information content (AvgIpc) is 2.50. The molecule has 0 spiro atoms. The highest BCUT2D eigenvalue weighted by molar-refractivity contribution is 6.31. The highest BCUT2D eigenvalue weighted by Crippen LogP contribution is 2.12. The van der Waals surface area contributed by atoms with E-state index in [0.717, 1.165) is 6.07 Å². The summed E-state index contributed by atoms with van der Waals surface area (Å²) in [6.45, 7) is -0.821. The number of halogens is 2. The van der Waals surface area contributed by atoms with Crippen molar-refractivity contribution in [3.05, 3.63) is 64.9 Å². The largest absolute Gasteiger partial charge is 0.482 e. The van der Waals surface area contributed by atoms with Crippen molar-refractivity contribution in [1.29, 1.82) is 0 Å². The zero-order valence-corrected chi connectivity index (χ0v) is 12.2. The minimum Gasteiger partial charge on any atom is -0.482 e. The number of benzene rings is 2. The summed E-state index contributed by atoms with van der Waals surface area (Å²) in [4.78, 5) is 23.3. The lowest BCUT2D eigenvalue weighted by Crippen LogP contribution is -2.19. The minimum absolute atomic E-state index is 0.207. The van der Waals surface area contributed by atoms with E-state index in [0.29, 0.717) is 10.6 Å². The highest BCUT2D eigenvalue weighted by atomic mass is 35.5. The molecule has 0 saturated heterocycles. The van der Waals surface area contributed by atoms with Crippen molar-refractivity contribution in [1.82, 2.24) is 0 Å². The van der Waals surface area contributed by atoms with Gasteiger partial charge in [-0.3, -0.25) is 4.79 Å². The Bertz CT molecular complexity index is 687. The first-order chi connectivity index (χ1) is 10.5. The van der Waals surface area contributed by atoms with E-state index < -0.39 is 25.0 Å². The summed E-state index contributed by atoms with van der Waals surface area (Å²) in [5.74, 6) is -1.36. The summed E-state index contributed by atoms with van der Waals surface area (Å²) >= 11 is 5.77. The molecule has 0 bridgehead atoms. The van der Waals surface area contributed by atoms with Gasteiger partial charge in [0.05, 0.1) is 0 Å². The van der Waals surface area contributed by atoms with Crippen LogP contribution in [0, 0.1) is 5.82 Å². The van der Waals surface area contributed by atoms with Crippen LogP contribution in [0.2, 0.25) is 5.02 Å². The van der Waals surface area contributed by atoms with E-state index in [1.54, 1.807) is 18.2 Å². The van der Waals surface area contributed by atoms with Gasteiger partial charge in [-0.25, -0.2) is 9.18 Å². The van der Waals surface area contributed by atoms with E-state index in [-0.39, 0.29) is 11.5 Å². The van der Waals surface area contributed by atoms with Gasteiger partial charge >= 0.3 is 5.97 Å². The first-order valence-corrected chi connectivity index (χ1v) is 6.75. The molecule has 0 atom stereocenters. The Morgan fingerprint density at radius 1 is 1.05 bits per heavy atom. The molecule has 0 saturated carbocycles. The third kappa shape index (κ3) is 4.86. The zero-order chi connectivity index (χ0) is 15.9. The standard InChI is InChI=1S/C16H12ClFO4/c17-12-4-1-3-11(7-12)15(19)9-22-16(20)10-21-14-6-2-5-13(18)8-14/h1-8H,9-10H2. The van der Waals surface area contributed by atoms with Crippen LogP contribution in [0.4, 0.5) is 4.39 Å². The van der Waals surface area contributed by atoms with Crippen LogP contribution in [0.25, 0.3) is 0 Å². The van der Waals surface area contributed by atoms with Crippen molar-refractivity contribution >= 4 is 23.4 Å². The number of hydrogen-bond donors (Lipinski definition) is 0. The number of ether oxygens (including phenoxy) is 2. The van der Waals surface area contributed by atoms with E-state index in [4.69, 9.17) is 21.1 Å². The fourth-order valence-electron chi connectivity index (χ4n) is 1.63. The van der Waals surface area contributed by atoms with Gasteiger partial charge in [0, 0.05) is 16.7 Å².